The molecule has 6 aromatic rings. The Bertz CT molecular complexity index is 1930. The second-order valence-electron chi connectivity index (χ2n) is 10.8. The van der Waals surface area contributed by atoms with Crippen LogP contribution in [-0.2, 0) is 20.1 Å². The Morgan fingerprint density at radius 2 is 1.79 bits per heavy atom. The summed E-state index contributed by atoms with van der Waals surface area (Å²) in [5, 5.41) is 13.3. The third kappa shape index (κ3) is 5.72. The van der Waals surface area contributed by atoms with Gasteiger partial charge in [-0.1, -0.05) is 48.2 Å². The van der Waals surface area contributed by atoms with E-state index in [0.29, 0.717) is 30.0 Å². The van der Waals surface area contributed by atoms with Gasteiger partial charge in [0.05, 0.1) is 11.1 Å². The number of carbonyl (C=O) groups excluding carboxylic acids is 1. The largest absolute Gasteiger partial charge is 0.507 e. The Labute approximate surface area is 257 Å². The van der Waals surface area contributed by atoms with Crippen LogP contribution >= 0.6 is 0 Å². The summed E-state index contributed by atoms with van der Waals surface area (Å²) in [6.07, 6.45) is 3.37. The number of furan rings is 1. The van der Waals surface area contributed by atoms with Gasteiger partial charge in [-0.25, -0.2) is 9.37 Å². The Hall–Kier alpha value is -3.93. The zero-order valence-electron chi connectivity index (χ0n) is 23.6. The van der Waals surface area contributed by atoms with Crippen LogP contribution in [0.15, 0.2) is 77.3 Å². The second-order valence-corrected chi connectivity index (χ2v) is 10.8. The van der Waals surface area contributed by atoms with E-state index in [1.165, 1.54) is 18.6 Å². The van der Waals surface area contributed by atoms with Gasteiger partial charge in [0.25, 0.3) is 0 Å². The van der Waals surface area contributed by atoms with Crippen molar-refractivity contribution in [1.82, 2.24) is 9.97 Å². The molecule has 1 saturated carbocycles. The van der Waals surface area contributed by atoms with Gasteiger partial charge in [0.1, 0.15) is 11.9 Å². The van der Waals surface area contributed by atoms with Crippen molar-refractivity contribution in [3.8, 4) is 17.0 Å². The van der Waals surface area contributed by atoms with Crippen LogP contribution in [0.5, 0.6) is 5.75 Å². The monoisotopic (exact) mass is 738 g/mol. The zero-order chi connectivity index (χ0) is 28.7. The van der Waals surface area contributed by atoms with Gasteiger partial charge in [-0.2, -0.15) is 0 Å². The maximum absolute atomic E-state index is 13.7. The number of para-hydroxylation sites is 1. The molecule has 3 aromatic heterocycles. The van der Waals surface area contributed by atoms with Gasteiger partial charge >= 0.3 is 0 Å². The number of hydrogen-bond donors (Lipinski definition) is 1. The molecule has 2 atom stereocenters. The molecule has 1 N–H and O–H groups in total. The third-order valence-electron chi connectivity index (χ3n) is 7.79. The molecule has 42 heavy (non-hydrogen) atoms. The van der Waals surface area contributed by atoms with Gasteiger partial charge in [-0.3, -0.25) is 4.79 Å². The van der Waals surface area contributed by atoms with Crippen molar-refractivity contribution in [2.45, 2.75) is 52.1 Å². The minimum atomic E-state index is -0.672. The number of Topliss-reactive ketones (excluding diaryl/α,β-unsaturated/α-hetero) is 1. The first-order valence-corrected chi connectivity index (χ1v) is 13.8. The number of rotatable bonds is 3. The number of phenols is 1. The number of alkyl halides is 1. The normalized spacial score (nSPS) is 16.3. The fraction of sp³-hybridized carbons (Fsp3) is 0.229. The number of benzene rings is 3. The molecular formula is C35H30FIrN2O3-. The number of aryl methyl sites for hydroxylation is 2. The van der Waals surface area contributed by atoms with Crippen LogP contribution in [0.1, 0.15) is 59.3 Å². The van der Waals surface area contributed by atoms with Crippen molar-refractivity contribution in [1.29, 1.82) is 0 Å². The van der Waals surface area contributed by atoms with E-state index in [2.05, 4.69) is 41.4 Å². The summed E-state index contributed by atoms with van der Waals surface area (Å²) in [7, 11) is 0. The summed E-state index contributed by atoms with van der Waals surface area (Å²) < 4.78 is 19.9. The van der Waals surface area contributed by atoms with Gasteiger partial charge < -0.3 is 14.5 Å². The average molecular weight is 738 g/mol. The van der Waals surface area contributed by atoms with Gasteiger partial charge in [0.2, 0.25) is 5.71 Å². The summed E-state index contributed by atoms with van der Waals surface area (Å²) >= 11 is 0. The summed E-state index contributed by atoms with van der Waals surface area (Å²) in [4.78, 5) is 20.0. The van der Waals surface area contributed by atoms with E-state index < -0.39 is 6.17 Å². The topological polar surface area (TPSA) is 76.2 Å². The van der Waals surface area contributed by atoms with Crippen molar-refractivity contribution in [2.24, 2.45) is 0 Å². The number of nitrogens with zero attached hydrogens (tertiary/aromatic N) is 2. The van der Waals surface area contributed by atoms with E-state index in [9.17, 15) is 9.18 Å². The minimum absolute atomic E-state index is 0. The molecule has 215 valence electrons. The summed E-state index contributed by atoms with van der Waals surface area (Å²) in [5.74, 6) is 0.242. The number of aromatic nitrogens is 2. The van der Waals surface area contributed by atoms with E-state index >= 15 is 0 Å². The summed E-state index contributed by atoms with van der Waals surface area (Å²) in [6, 6.07) is 24.6. The maximum atomic E-state index is 13.7. The SMILES string of the molecule is CC(=O)c1ccccc1O.Cc1[c-]c(-c2nccc3cc(C4CCC(F)C4)ccc23)c2oc3nc(C)ccc3c2c1.[Ir]. The van der Waals surface area contributed by atoms with E-state index in [1.54, 1.807) is 18.2 Å². The van der Waals surface area contributed by atoms with Crippen molar-refractivity contribution in [3.05, 3.63) is 101 Å². The molecule has 1 aliphatic carbocycles. The van der Waals surface area contributed by atoms with E-state index in [1.807, 2.05) is 32.2 Å². The van der Waals surface area contributed by atoms with Crippen LogP contribution in [0.2, 0.25) is 0 Å². The predicted molar refractivity (Wildman–Crippen MR) is 160 cm³/mol. The molecule has 2 unspecified atom stereocenters. The number of pyridine rings is 2. The second kappa shape index (κ2) is 12.1. The molecule has 7 heteroatoms. The number of hydrogen-bond acceptors (Lipinski definition) is 5. The smallest absolute Gasteiger partial charge is 0.216 e. The average Bonchev–Trinajstić information content (AvgIpc) is 3.55. The number of carbonyl (C=O) groups is 1. The Kier molecular flexibility index (Phi) is 8.53. The summed E-state index contributed by atoms with van der Waals surface area (Å²) in [5.41, 5.74) is 6.65. The fourth-order valence-corrected chi connectivity index (χ4v) is 5.74. The molecule has 1 aliphatic rings. The number of aromatic hydroxyl groups is 1. The molecule has 3 aromatic carbocycles. The Morgan fingerprint density at radius 1 is 1.00 bits per heavy atom. The van der Waals surface area contributed by atoms with Gasteiger partial charge in [0, 0.05) is 37.4 Å². The molecule has 0 bridgehead atoms. The molecular weight excluding hydrogens is 708 g/mol. The first kappa shape index (κ1) is 29.6. The van der Waals surface area contributed by atoms with Gasteiger partial charge in [-0.15, -0.1) is 17.7 Å². The predicted octanol–water partition coefficient (Wildman–Crippen LogP) is 8.81. The first-order valence-electron chi connectivity index (χ1n) is 13.8. The van der Waals surface area contributed by atoms with Gasteiger partial charge in [0.15, 0.2) is 5.78 Å². The Balaban J connectivity index is 0.000000275. The summed E-state index contributed by atoms with van der Waals surface area (Å²) in [6.45, 7) is 5.43. The quantitative estimate of drug-likeness (QED) is 0.145. The third-order valence-corrected chi connectivity index (χ3v) is 7.79. The maximum Gasteiger partial charge on any atom is 0.216 e. The van der Waals surface area contributed by atoms with Crippen molar-refractivity contribution >= 4 is 38.6 Å². The van der Waals surface area contributed by atoms with Crippen molar-refractivity contribution in [2.75, 3.05) is 0 Å². The molecule has 3 heterocycles. The molecule has 5 nitrogen and oxygen atoms in total. The van der Waals surface area contributed by atoms with Crippen molar-refractivity contribution < 1.29 is 38.8 Å². The molecule has 0 aliphatic heterocycles. The number of fused-ring (bicyclic) bond motifs is 4. The molecule has 0 saturated heterocycles. The fourth-order valence-electron chi connectivity index (χ4n) is 5.74. The minimum Gasteiger partial charge on any atom is -0.507 e. The van der Waals surface area contributed by atoms with Crippen LogP contribution in [0.3, 0.4) is 0 Å². The molecule has 0 amide bonds. The van der Waals surface area contributed by atoms with E-state index in [-0.39, 0.29) is 31.6 Å². The number of halogens is 1. The Morgan fingerprint density at radius 3 is 2.50 bits per heavy atom. The van der Waals surface area contributed by atoms with E-state index in [4.69, 9.17) is 14.5 Å². The van der Waals surface area contributed by atoms with Crippen LogP contribution in [0, 0.1) is 19.9 Å². The van der Waals surface area contributed by atoms with Crippen LogP contribution in [0.25, 0.3) is 44.1 Å². The van der Waals surface area contributed by atoms with Crippen LogP contribution < -0.4 is 0 Å². The van der Waals surface area contributed by atoms with E-state index in [0.717, 1.165) is 56.1 Å². The zero-order valence-corrected chi connectivity index (χ0v) is 26.0. The van der Waals surface area contributed by atoms with Crippen LogP contribution in [-0.4, -0.2) is 27.0 Å². The van der Waals surface area contributed by atoms with Crippen molar-refractivity contribution in [3.63, 3.8) is 0 Å². The first-order chi connectivity index (χ1) is 19.8. The standard InChI is InChI=1S/C27H22FN2O.C8H8O2.Ir/c1-15-11-23-22-7-3-16(2)30-27(22)31-26(23)24(12-15)25-21-8-5-17(13-19(21)9-10-29-25)18-4-6-20(28)14-18;1-6(9)7-4-2-3-5-8(7)10;/h3,5,7-11,13,18,20H,4,6,14H2,1-2H3;2-5,10H,1H3;/q-1;;. The van der Waals surface area contributed by atoms with Crippen LogP contribution in [0.4, 0.5) is 4.39 Å². The van der Waals surface area contributed by atoms with Gasteiger partial charge in [-0.05, 0) is 91.4 Å². The molecule has 1 fully saturated rings. The number of phenolic OH excluding ortho intramolecular Hbond substituents is 1. The molecule has 1 radical (unpaired) electrons. The molecule has 0 spiro atoms. The molecule has 7 rings (SSSR count). The number of ketones is 1.